The maximum absolute atomic E-state index is 12.1. The second-order valence-corrected chi connectivity index (χ2v) is 7.19. The van der Waals surface area contributed by atoms with Gasteiger partial charge in [0.2, 0.25) is 5.91 Å². The lowest BCUT2D eigenvalue weighted by molar-refractivity contribution is -0.127. The number of carbonyl (C=O) groups excluding carboxylic acids is 2. The van der Waals surface area contributed by atoms with Crippen LogP contribution in [0.3, 0.4) is 0 Å². The van der Waals surface area contributed by atoms with Crippen LogP contribution in [0.5, 0.6) is 0 Å². The van der Waals surface area contributed by atoms with Gasteiger partial charge in [0.05, 0.1) is 12.6 Å². The fourth-order valence-corrected chi connectivity index (χ4v) is 2.47. The number of nitrogens with zero attached hydrogens (tertiary/aromatic N) is 1. The topological polar surface area (TPSA) is 71.2 Å². The predicted octanol–water partition coefficient (Wildman–Crippen LogP) is 1.85. The Morgan fingerprint density at radius 1 is 1.55 bits per heavy atom. The van der Waals surface area contributed by atoms with Gasteiger partial charge in [0, 0.05) is 19.5 Å². The van der Waals surface area contributed by atoms with E-state index in [9.17, 15) is 9.59 Å². The van der Waals surface area contributed by atoms with Crippen molar-refractivity contribution >= 4 is 12.0 Å². The highest BCUT2D eigenvalue weighted by Gasteiger charge is 2.46. The summed E-state index contributed by atoms with van der Waals surface area (Å²) in [7, 11) is 0. The third-order valence-corrected chi connectivity index (χ3v) is 3.94. The minimum Gasteiger partial charge on any atom is -0.444 e. The van der Waals surface area contributed by atoms with Crippen LogP contribution < -0.4 is 5.32 Å². The standard InChI is InChI=1S/C16H26N2O4/c1-11(16(5)10-21-16)12(9-18-8-6-7-13(18)19)17-14(20)22-15(2,3)4/h12H,1,6-10H2,2-5H3,(H,17,20)/t12-,16+/m0/s1. The molecular weight excluding hydrogens is 284 g/mol. The Morgan fingerprint density at radius 2 is 2.18 bits per heavy atom. The van der Waals surface area contributed by atoms with Crippen LogP contribution in [0.1, 0.15) is 40.5 Å². The Bertz CT molecular complexity index is 477. The number of ether oxygens (including phenoxy) is 2. The lowest BCUT2D eigenvalue weighted by Crippen LogP contribution is -2.48. The predicted molar refractivity (Wildman–Crippen MR) is 82.5 cm³/mol. The molecule has 0 aromatic heterocycles. The van der Waals surface area contributed by atoms with Crippen LogP contribution in [0.2, 0.25) is 0 Å². The van der Waals surface area contributed by atoms with E-state index in [0.717, 1.165) is 18.5 Å². The molecule has 0 aliphatic carbocycles. The molecule has 0 bridgehead atoms. The van der Waals surface area contributed by atoms with Crippen LogP contribution in [-0.4, -0.2) is 53.8 Å². The molecular formula is C16H26N2O4. The number of hydrogen-bond acceptors (Lipinski definition) is 4. The molecule has 2 rings (SSSR count). The average Bonchev–Trinajstić information content (AvgIpc) is 3.00. The summed E-state index contributed by atoms with van der Waals surface area (Å²) < 4.78 is 10.7. The van der Waals surface area contributed by atoms with E-state index in [0.29, 0.717) is 19.6 Å². The molecule has 22 heavy (non-hydrogen) atoms. The number of hydrogen-bond donors (Lipinski definition) is 1. The van der Waals surface area contributed by atoms with Gasteiger partial charge >= 0.3 is 6.09 Å². The van der Waals surface area contributed by atoms with Crippen molar-refractivity contribution in [1.82, 2.24) is 10.2 Å². The van der Waals surface area contributed by atoms with Gasteiger partial charge in [-0.1, -0.05) is 6.58 Å². The Hall–Kier alpha value is -1.56. The van der Waals surface area contributed by atoms with Gasteiger partial charge in [-0.25, -0.2) is 4.79 Å². The first-order valence-corrected chi connectivity index (χ1v) is 7.71. The second-order valence-electron chi connectivity index (χ2n) is 7.19. The fourth-order valence-electron chi connectivity index (χ4n) is 2.47. The van der Waals surface area contributed by atoms with Crippen molar-refractivity contribution in [2.75, 3.05) is 19.7 Å². The second kappa shape index (κ2) is 5.91. The van der Waals surface area contributed by atoms with Gasteiger partial charge in [-0.15, -0.1) is 0 Å². The first kappa shape index (κ1) is 16.8. The largest absolute Gasteiger partial charge is 0.444 e. The first-order chi connectivity index (χ1) is 10.1. The van der Waals surface area contributed by atoms with Crippen molar-refractivity contribution < 1.29 is 19.1 Å². The highest BCUT2D eigenvalue weighted by molar-refractivity contribution is 5.78. The lowest BCUT2D eigenvalue weighted by atomic mass is 9.96. The molecule has 2 fully saturated rings. The Labute approximate surface area is 131 Å². The normalized spacial score (nSPS) is 25.8. The zero-order chi connectivity index (χ0) is 16.5. The van der Waals surface area contributed by atoms with Crippen LogP contribution in [0, 0.1) is 0 Å². The Kier molecular flexibility index (Phi) is 4.52. The van der Waals surface area contributed by atoms with E-state index in [-0.39, 0.29) is 11.9 Å². The molecule has 1 N–H and O–H groups in total. The summed E-state index contributed by atoms with van der Waals surface area (Å²) in [6, 6.07) is -0.371. The van der Waals surface area contributed by atoms with Crippen LogP contribution >= 0.6 is 0 Å². The Morgan fingerprint density at radius 3 is 2.64 bits per heavy atom. The van der Waals surface area contributed by atoms with Gasteiger partial charge in [-0.05, 0) is 39.7 Å². The van der Waals surface area contributed by atoms with E-state index >= 15 is 0 Å². The van der Waals surface area contributed by atoms with E-state index < -0.39 is 17.3 Å². The number of amides is 2. The molecule has 0 saturated carbocycles. The maximum Gasteiger partial charge on any atom is 0.408 e. The number of carbonyl (C=O) groups is 2. The average molecular weight is 310 g/mol. The summed E-state index contributed by atoms with van der Waals surface area (Å²) in [5, 5.41) is 2.83. The summed E-state index contributed by atoms with van der Waals surface area (Å²) in [6.07, 6.45) is 0.923. The molecule has 0 spiro atoms. The summed E-state index contributed by atoms with van der Waals surface area (Å²) in [5.74, 6) is 0.116. The van der Waals surface area contributed by atoms with E-state index in [1.165, 1.54) is 0 Å². The molecule has 6 nitrogen and oxygen atoms in total. The third kappa shape index (κ3) is 4.22. The van der Waals surface area contributed by atoms with Crippen LogP contribution in [0.25, 0.3) is 0 Å². The van der Waals surface area contributed by atoms with Gasteiger partial charge in [0.1, 0.15) is 11.2 Å². The zero-order valence-electron chi connectivity index (χ0n) is 13.9. The molecule has 2 aliphatic heterocycles. The van der Waals surface area contributed by atoms with Crippen molar-refractivity contribution in [3.05, 3.63) is 12.2 Å². The molecule has 6 heteroatoms. The number of nitrogens with one attached hydrogen (secondary N) is 1. The van der Waals surface area contributed by atoms with Crippen LogP contribution in [-0.2, 0) is 14.3 Å². The number of alkyl carbamates (subject to hydrolysis) is 1. The van der Waals surface area contributed by atoms with Crippen molar-refractivity contribution in [3.63, 3.8) is 0 Å². The Balaban J connectivity index is 2.03. The molecule has 2 atom stereocenters. The van der Waals surface area contributed by atoms with Gasteiger partial charge in [-0.3, -0.25) is 4.79 Å². The SMILES string of the molecule is C=C([C@H](CN1CCCC1=O)NC(=O)OC(C)(C)C)[C@@]1(C)CO1. The van der Waals surface area contributed by atoms with Gasteiger partial charge < -0.3 is 19.7 Å². The summed E-state index contributed by atoms with van der Waals surface area (Å²) in [4.78, 5) is 25.7. The van der Waals surface area contributed by atoms with Crippen LogP contribution in [0.15, 0.2) is 12.2 Å². The molecule has 2 heterocycles. The molecule has 2 amide bonds. The summed E-state index contributed by atoms with van der Waals surface area (Å²) >= 11 is 0. The van der Waals surface area contributed by atoms with Gasteiger partial charge in [0.15, 0.2) is 0 Å². The fraction of sp³-hybridized carbons (Fsp3) is 0.750. The maximum atomic E-state index is 12.1. The summed E-state index contributed by atoms with van der Waals surface area (Å²) in [6.45, 7) is 13.2. The first-order valence-electron chi connectivity index (χ1n) is 7.71. The van der Waals surface area contributed by atoms with Crippen molar-refractivity contribution in [3.8, 4) is 0 Å². The van der Waals surface area contributed by atoms with E-state index in [4.69, 9.17) is 9.47 Å². The van der Waals surface area contributed by atoms with E-state index in [1.54, 1.807) is 4.90 Å². The monoisotopic (exact) mass is 310 g/mol. The van der Waals surface area contributed by atoms with Crippen molar-refractivity contribution in [2.45, 2.75) is 57.8 Å². The molecule has 0 aromatic carbocycles. The molecule has 0 unspecified atom stereocenters. The number of rotatable bonds is 5. The minimum absolute atomic E-state index is 0.116. The van der Waals surface area contributed by atoms with Crippen molar-refractivity contribution in [2.24, 2.45) is 0 Å². The van der Waals surface area contributed by atoms with Gasteiger partial charge in [-0.2, -0.15) is 0 Å². The third-order valence-electron chi connectivity index (χ3n) is 3.94. The molecule has 0 radical (unpaired) electrons. The smallest absolute Gasteiger partial charge is 0.408 e. The van der Waals surface area contributed by atoms with Crippen molar-refractivity contribution in [1.29, 1.82) is 0 Å². The summed E-state index contributed by atoms with van der Waals surface area (Å²) in [5.41, 5.74) is -0.208. The highest BCUT2D eigenvalue weighted by Crippen LogP contribution is 2.35. The number of epoxide rings is 1. The molecule has 124 valence electrons. The quantitative estimate of drug-likeness (QED) is 0.621. The van der Waals surface area contributed by atoms with E-state index in [1.807, 2.05) is 27.7 Å². The number of likely N-dealkylation sites (tertiary alicyclic amines) is 1. The molecule has 0 aromatic rings. The van der Waals surface area contributed by atoms with E-state index in [2.05, 4.69) is 11.9 Å². The molecule has 2 aliphatic rings. The lowest BCUT2D eigenvalue weighted by Gasteiger charge is -2.29. The highest BCUT2D eigenvalue weighted by atomic mass is 16.6. The molecule has 2 saturated heterocycles. The van der Waals surface area contributed by atoms with Gasteiger partial charge in [0.25, 0.3) is 0 Å². The van der Waals surface area contributed by atoms with Crippen LogP contribution in [0.4, 0.5) is 4.79 Å². The zero-order valence-corrected chi connectivity index (χ0v) is 13.9. The minimum atomic E-state index is -0.570.